The van der Waals surface area contributed by atoms with Crippen LogP contribution in [0, 0.1) is 10.1 Å². The molecule has 33 heavy (non-hydrogen) atoms. The minimum atomic E-state index is -0.471. The van der Waals surface area contributed by atoms with Gasteiger partial charge >= 0.3 is 0 Å². The molecule has 7 heteroatoms. The van der Waals surface area contributed by atoms with Gasteiger partial charge in [-0.3, -0.25) is 14.9 Å². The quantitative estimate of drug-likeness (QED) is 0.285. The highest BCUT2D eigenvalue weighted by molar-refractivity contribution is 6.37. The van der Waals surface area contributed by atoms with Gasteiger partial charge in [-0.05, 0) is 49.8 Å². The first-order chi connectivity index (χ1) is 16.0. The molecule has 1 aliphatic heterocycles. The van der Waals surface area contributed by atoms with Gasteiger partial charge in [-0.1, -0.05) is 42.5 Å². The number of rotatable bonds is 7. The Balaban J connectivity index is 1.72. The summed E-state index contributed by atoms with van der Waals surface area (Å²) < 4.78 is 0. The van der Waals surface area contributed by atoms with Crippen molar-refractivity contribution in [2.75, 3.05) is 23.0 Å². The van der Waals surface area contributed by atoms with Crippen LogP contribution >= 0.6 is 0 Å². The van der Waals surface area contributed by atoms with E-state index in [1.807, 2.05) is 60.7 Å². The maximum Gasteiger partial charge on any atom is 0.281 e. The van der Waals surface area contributed by atoms with Crippen LogP contribution in [-0.4, -0.2) is 29.6 Å². The SMILES string of the molecule is CCN(CC)c1ccc(/C=C2\C(=O)N(c3ccc([N+](=O)[O-])cc3)N=C2c2ccccc2)cc1. The van der Waals surface area contributed by atoms with Crippen LogP contribution < -0.4 is 9.91 Å². The molecule has 1 heterocycles. The van der Waals surface area contributed by atoms with Crippen LogP contribution in [0.1, 0.15) is 25.0 Å². The summed E-state index contributed by atoms with van der Waals surface area (Å²) in [6.45, 7) is 6.08. The molecule has 0 fully saturated rings. The number of hydrogen-bond donors (Lipinski definition) is 0. The largest absolute Gasteiger partial charge is 0.372 e. The van der Waals surface area contributed by atoms with Crippen LogP contribution in [0.3, 0.4) is 0 Å². The van der Waals surface area contributed by atoms with Gasteiger partial charge in [-0.15, -0.1) is 0 Å². The van der Waals surface area contributed by atoms with Crippen molar-refractivity contribution < 1.29 is 9.72 Å². The van der Waals surface area contributed by atoms with E-state index in [0.29, 0.717) is 17.0 Å². The molecule has 0 saturated carbocycles. The average molecular weight is 441 g/mol. The molecule has 0 saturated heterocycles. The number of benzene rings is 3. The smallest absolute Gasteiger partial charge is 0.281 e. The number of carbonyl (C=O) groups is 1. The summed E-state index contributed by atoms with van der Waals surface area (Å²) in [5.41, 5.74) is 4.30. The maximum absolute atomic E-state index is 13.4. The minimum Gasteiger partial charge on any atom is -0.372 e. The molecule has 3 aromatic carbocycles. The Kier molecular flexibility index (Phi) is 6.31. The topological polar surface area (TPSA) is 79.0 Å². The second kappa shape index (κ2) is 9.48. The molecule has 0 N–H and O–H groups in total. The van der Waals surface area contributed by atoms with Crippen molar-refractivity contribution in [1.29, 1.82) is 0 Å². The normalized spacial score (nSPS) is 14.5. The number of amides is 1. The lowest BCUT2D eigenvalue weighted by atomic mass is 10.00. The molecular formula is C26H24N4O3. The third-order valence-corrected chi connectivity index (χ3v) is 5.56. The van der Waals surface area contributed by atoms with Crippen molar-refractivity contribution in [3.8, 4) is 0 Å². The molecule has 4 rings (SSSR count). The summed E-state index contributed by atoms with van der Waals surface area (Å²) in [5, 5.41) is 16.9. The summed E-state index contributed by atoms with van der Waals surface area (Å²) in [7, 11) is 0. The van der Waals surface area contributed by atoms with Crippen molar-refractivity contribution in [3.63, 3.8) is 0 Å². The Morgan fingerprint density at radius 3 is 2.15 bits per heavy atom. The van der Waals surface area contributed by atoms with Gasteiger partial charge in [0, 0.05) is 36.5 Å². The highest BCUT2D eigenvalue weighted by Crippen LogP contribution is 2.29. The van der Waals surface area contributed by atoms with Crippen LogP contribution in [-0.2, 0) is 4.79 Å². The molecule has 0 bridgehead atoms. The van der Waals surface area contributed by atoms with Crippen LogP contribution in [0.15, 0.2) is 89.5 Å². The molecular weight excluding hydrogens is 416 g/mol. The Morgan fingerprint density at radius 1 is 0.939 bits per heavy atom. The fraction of sp³-hybridized carbons (Fsp3) is 0.154. The molecule has 1 aliphatic rings. The second-order valence-corrected chi connectivity index (χ2v) is 7.53. The van der Waals surface area contributed by atoms with Gasteiger partial charge in [0.15, 0.2) is 0 Å². The summed E-state index contributed by atoms with van der Waals surface area (Å²) in [5.74, 6) is -0.282. The number of nitro groups is 1. The van der Waals surface area contributed by atoms with E-state index in [-0.39, 0.29) is 11.6 Å². The lowest BCUT2D eigenvalue weighted by Gasteiger charge is -2.20. The van der Waals surface area contributed by atoms with E-state index in [9.17, 15) is 14.9 Å². The number of carbonyl (C=O) groups excluding carboxylic acids is 1. The van der Waals surface area contributed by atoms with E-state index in [4.69, 9.17) is 0 Å². The number of nitrogens with zero attached hydrogens (tertiary/aromatic N) is 4. The molecule has 1 amide bonds. The Bertz CT molecular complexity index is 1210. The molecule has 166 valence electrons. The Hall–Kier alpha value is -4.26. The van der Waals surface area contributed by atoms with E-state index in [1.54, 1.807) is 0 Å². The van der Waals surface area contributed by atoms with Gasteiger partial charge < -0.3 is 4.90 Å². The third-order valence-electron chi connectivity index (χ3n) is 5.56. The molecule has 3 aromatic rings. The van der Waals surface area contributed by atoms with Gasteiger partial charge in [0.25, 0.3) is 11.6 Å². The lowest BCUT2D eigenvalue weighted by molar-refractivity contribution is -0.384. The van der Waals surface area contributed by atoms with Gasteiger partial charge in [0.1, 0.15) is 5.71 Å². The predicted molar refractivity (Wildman–Crippen MR) is 132 cm³/mol. The van der Waals surface area contributed by atoms with Crippen LogP contribution in [0.25, 0.3) is 6.08 Å². The van der Waals surface area contributed by atoms with E-state index >= 15 is 0 Å². The molecule has 7 nitrogen and oxygen atoms in total. The predicted octanol–water partition coefficient (Wildman–Crippen LogP) is 5.28. The summed E-state index contributed by atoms with van der Waals surface area (Å²) in [6.07, 6.45) is 1.84. The molecule has 0 aromatic heterocycles. The fourth-order valence-electron chi connectivity index (χ4n) is 3.78. The fourth-order valence-corrected chi connectivity index (χ4v) is 3.78. The number of anilines is 2. The van der Waals surface area contributed by atoms with Crippen molar-refractivity contribution in [3.05, 3.63) is 106 Å². The van der Waals surface area contributed by atoms with Gasteiger partial charge in [0.2, 0.25) is 0 Å². The Morgan fingerprint density at radius 2 is 1.58 bits per heavy atom. The molecule has 0 atom stereocenters. The van der Waals surface area contributed by atoms with Gasteiger partial charge in [-0.25, -0.2) is 0 Å². The van der Waals surface area contributed by atoms with Crippen LogP contribution in [0.2, 0.25) is 0 Å². The summed E-state index contributed by atoms with van der Waals surface area (Å²) in [4.78, 5) is 26.1. The minimum absolute atomic E-state index is 0.0401. The maximum atomic E-state index is 13.4. The second-order valence-electron chi connectivity index (χ2n) is 7.53. The third kappa shape index (κ3) is 4.52. The molecule has 0 aliphatic carbocycles. The first-order valence-electron chi connectivity index (χ1n) is 10.8. The molecule has 0 unspecified atom stereocenters. The number of nitro benzene ring substituents is 1. The monoisotopic (exact) mass is 440 g/mol. The zero-order valence-corrected chi connectivity index (χ0v) is 18.5. The Labute approximate surface area is 192 Å². The van der Waals surface area contributed by atoms with E-state index < -0.39 is 4.92 Å². The number of hydrogen-bond acceptors (Lipinski definition) is 5. The van der Waals surface area contributed by atoms with Crippen molar-refractivity contribution >= 4 is 34.8 Å². The van der Waals surface area contributed by atoms with Crippen LogP contribution in [0.5, 0.6) is 0 Å². The number of non-ortho nitro benzene ring substituents is 1. The summed E-state index contributed by atoms with van der Waals surface area (Å²) >= 11 is 0. The highest BCUT2D eigenvalue weighted by atomic mass is 16.6. The van der Waals surface area contributed by atoms with Crippen molar-refractivity contribution in [2.24, 2.45) is 5.10 Å². The number of hydrazone groups is 1. The van der Waals surface area contributed by atoms with Crippen LogP contribution in [0.4, 0.5) is 17.1 Å². The first-order valence-corrected chi connectivity index (χ1v) is 10.8. The lowest BCUT2D eigenvalue weighted by Crippen LogP contribution is -2.21. The van der Waals surface area contributed by atoms with E-state index in [1.165, 1.54) is 29.3 Å². The van der Waals surface area contributed by atoms with Crippen molar-refractivity contribution in [2.45, 2.75) is 13.8 Å². The van der Waals surface area contributed by atoms with Gasteiger partial charge in [-0.2, -0.15) is 10.1 Å². The first kappa shape index (κ1) is 22.0. The average Bonchev–Trinajstić information content (AvgIpc) is 3.17. The van der Waals surface area contributed by atoms with Gasteiger partial charge in [0.05, 0.1) is 16.2 Å². The van der Waals surface area contributed by atoms with E-state index in [2.05, 4.69) is 23.8 Å². The molecule has 0 radical (unpaired) electrons. The highest BCUT2D eigenvalue weighted by Gasteiger charge is 2.32. The van der Waals surface area contributed by atoms with E-state index in [0.717, 1.165) is 29.9 Å². The zero-order chi connectivity index (χ0) is 23.4. The van der Waals surface area contributed by atoms with Crippen molar-refractivity contribution in [1.82, 2.24) is 0 Å². The standard InChI is InChI=1S/C26H24N4O3/c1-3-28(4-2)21-12-10-19(11-13-21)18-24-25(20-8-6-5-7-9-20)27-29(26(24)31)22-14-16-23(17-15-22)30(32)33/h5-18H,3-4H2,1-2H3/b24-18-. The molecule has 0 spiro atoms. The zero-order valence-electron chi connectivity index (χ0n) is 18.5. The summed E-state index contributed by atoms with van der Waals surface area (Å²) in [6, 6.07) is 23.4.